The van der Waals surface area contributed by atoms with E-state index >= 15 is 0 Å². The molecule has 20 heteroatoms. The summed E-state index contributed by atoms with van der Waals surface area (Å²) in [5.41, 5.74) is 6.65. The second-order valence-electron chi connectivity index (χ2n) is 17.0. The Labute approximate surface area is 346 Å². The summed E-state index contributed by atoms with van der Waals surface area (Å²) < 4.78 is 155. The summed E-state index contributed by atoms with van der Waals surface area (Å²) in [4.78, 5) is 29.0. The van der Waals surface area contributed by atoms with Crippen molar-refractivity contribution in [1.29, 1.82) is 0 Å². The topological polar surface area (TPSA) is 96.5 Å². The second-order valence-corrected chi connectivity index (χ2v) is 17.0. The number of nitrogens with one attached hydrogen (secondary N) is 1. The quantitative estimate of drug-likeness (QED) is 0.148. The lowest BCUT2D eigenvalue weighted by Crippen LogP contribution is -2.44. The minimum Gasteiger partial charge on any atom is -0.397 e. The fourth-order valence-electron chi connectivity index (χ4n) is 7.78. The number of anilines is 2. The number of aromatic nitrogens is 2. The smallest absolute Gasteiger partial charge is 0.397 e. The van der Waals surface area contributed by atoms with Gasteiger partial charge in [-0.25, -0.2) is 4.98 Å². The van der Waals surface area contributed by atoms with E-state index in [0.29, 0.717) is 29.6 Å². The van der Waals surface area contributed by atoms with Crippen LogP contribution in [-0.4, -0.2) is 88.6 Å². The first-order chi connectivity index (χ1) is 28.1. The summed E-state index contributed by atoms with van der Waals surface area (Å²) in [7, 11) is 0. The van der Waals surface area contributed by atoms with Crippen LogP contribution in [-0.2, 0) is 12.0 Å². The number of alkyl halides is 12. The third kappa shape index (κ3) is 15.8. The number of nitrogens with two attached hydrogens (primary N) is 1. The van der Waals surface area contributed by atoms with Crippen molar-refractivity contribution in [2.75, 3.05) is 43.8 Å². The predicted molar refractivity (Wildman–Crippen MR) is 207 cm³/mol. The van der Waals surface area contributed by atoms with E-state index in [1.165, 1.54) is 37.1 Å². The normalized spacial score (nSPS) is 16.2. The van der Waals surface area contributed by atoms with Crippen molar-refractivity contribution in [2.24, 2.45) is 11.8 Å². The zero-order valence-electron chi connectivity index (χ0n) is 34.2. The number of amides is 2. The first-order valence-corrected chi connectivity index (χ1v) is 20.1. The van der Waals surface area contributed by atoms with E-state index < -0.39 is 62.7 Å². The third-order valence-corrected chi connectivity index (χ3v) is 10.5. The molecule has 0 aliphatic heterocycles. The zero-order chi connectivity index (χ0) is 45.6. The number of halogens is 12. The van der Waals surface area contributed by atoms with Crippen LogP contribution in [0.25, 0.3) is 11.0 Å². The fraction of sp³-hybridized carbons (Fsp3) is 0.634. The average molecular weight is 889 g/mol. The Hall–Kier alpha value is -4.39. The lowest BCUT2D eigenvalue weighted by Gasteiger charge is -2.26. The summed E-state index contributed by atoms with van der Waals surface area (Å²) >= 11 is 0. The van der Waals surface area contributed by atoms with Gasteiger partial charge < -0.3 is 25.4 Å². The van der Waals surface area contributed by atoms with Crippen LogP contribution in [0.15, 0.2) is 36.4 Å². The van der Waals surface area contributed by atoms with Gasteiger partial charge in [0, 0.05) is 29.6 Å². The predicted octanol–water partition coefficient (Wildman–Crippen LogP) is 11.3. The van der Waals surface area contributed by atoms with Gasteiger partial charge in [-0.1, -0.05) is 59.3 Å². The number of benzene rings is 2. The van der Waals surface area contributed by atoms with Gasteiger partial charge in [0.2, 0.25) is 0 Å². The number of hydrogen-bond donors (Lipinski definition) is 2. The second kappa shape index (κ2) is 19.8. The van der Waals surface area contributed by atoms with E-state index in [2.05, 4.69) is 14.9 Å². The molecule has 2 aliphatic rings. The van der Waals surface area contributed by atoms with Gasteiger partial charge in [0.25, 0.3) is 11.8 Å². The van der Waals surface area contributed by atoms with Crippen LogP contribution < -0.4 is 11.1 Å². The maximum absolute atomic E-state index is 12.8. The Morgan fingerprint density at radius 2 is 1.08 bits per heavy atom. The highest BCUT2D eigenvalue weighted by Crippen LogP contribution is 2.33. The lowest BCUT2D eigenvalue weighted by molar-refractivity contribution is -0.173. The van der Waals surface area contributed by atoms with Gasteiger partial charge in [-0.3, -0.25) is 9.59 Å². The lowest BCUT2D eigenvalue weighted by atomic mass is 9.88. The summed E-state index contributed by atoms with van der Waals surface area (Å²) in [6.45, 7) is -0.556. The molecule has 2 amide bonds. The molecule has 0 radical (unpaired) electrons. The standard InChI is InChI=1S/C23H29F6N3O.C18H23F6N3O/c1-21(2,3)20-30-17-11-16(19(33)31(13-22(24,25)26)14-23(27,28)29)9-10-18(17)32(20)12-15-7-5-4-6-8-15;19-17(20,21)10-27(11-18(22,23)24)16(28)13-6-7-15(14(25)8-13)26-9-12-4-2-1-3-5-12/h9-11,15H,4-8,12-14H2,1-3H3;6-8,12,26H,1-5,9-11,25H2. The number of carbonyl (C=O) groups excluding carboxylic acids is 2. The molecular weight excluding hydrogens is 836 g/mol. The maximum atomic E-state index is 12.8. The number of imidazole rings is 1. The minimum absolute atomic E-state index is 0.0978. The molecule has 0 saturated heterocycles. The highest BCUT2D eigenvalue weighted by molar-refractivity contribution is 5.98. The molecule has 5 rings (SSSR count). The first-order valence-electron chi connectivity index (χ1n) is 20.1. The van der Waals surface area contributed by atoms with Crippen molar-refractivity contribution in [3.8, 4) is 0 Å². The monoisotopic (exact) mass is 888 g/mol. The molecule has 0 atom stereocenters. The molecule has 0 unspecified atom stereocenters. The Kier molecular flexibility index (Phi) is 16.0. The van der Waals surface area contributed by atoms with Gasteiger partial charge in [-0.05, 0) is 73.9 Å². The molecule has 2 fully saturated rings. The van der Waals surface area contributed by atoms with E-state index in [1.807, 2.05) is 20.8 Å². The van der Waals surface area contributed by atoms with E-state index in [1.54, 1.807) is 6.07 Å². The third-order valence-electron chi connectivity index (χ3n) is 10.5. The van der Waals surface area contributed by atoms with Crippen molar-refractivity contribution >= 4 is 34.2 Å². The summed E-state index contributed by atoms with van der Waals surface area (Å²) in [6, 6.07) is 7.85. The largest absolute Gasteiger partial charge is 0.406 e. The van der Waals surface area contributed by atoms with Crippen LogP contribution >= 0.6 is 0 Å². The molecule has 342 valence electrons. The fourth-order valence-corrected chi connectivity index (χ4v) is 7.78. The van der Waals surface area contributed by atoms with Crippen LogP contribution in [0, 0.1) is 11.8 Å². The van der Waals surface area contributed by atoms with Gasteiger partial charge in [0.15, 0.2) is 0 Å². The van der Waals surface area contributed by atoms with E-state index in [-0.39, 0.29) is 32.0 Å². The van der Waals surface area contributed by atoms with Crippen LogP contribution in [0.3, 0.4) is 0 Å². The minimum atomic E-state index is -4.95. The Balaban J connectivity index is 0.000000272. The van der Waals surface area contributed by atoms with Crippen LogP contribution in [0.5, 0.6) is 0 Å². The van der Waals surface area contributed by atoms with Crippen molar-refractivity contribution in [1.82, 2.24) is 19.4 Å². The number of hydrogen-bond acceptors (Lipinski definition) is 5. The molecular formula is C41H52F12N6O2. The highest BCUT2D eigenvalue weighted by atomic mass is 19.4. The van der Waals surface area contributed by atoms with Crippen molar-refractivity contribution < 1.29 is 62.3 Å². The SMILES string of the molecule is CC(C)(C)c1nc2cc(C(=O)N(CC(F)(F)F)CC(F)(F)F)ccc2n1CC1CCCCC1.Nc1cc(C(=O)N(CC(F)(F)F)CC(F)(F)F)ccc1NCC1CCCCC1. The number of carbonyl (C=O) groups is 2. The average Bonchev–Trinajstić information content (AvgIpc) is 3.50. The highest BCUT2D eigenvalue weighted by Gasteiger charge is 2.41. The molecule has 3 N–H and O–H groups in total. The molecule has 0 spiro atoms. The van der Waals surface area contributed by atoms with Gasteiger partial charge in [0.05, 0.1) is 22.4 Å². The number of fused-ring (bicyclic) bond motifs is 1. The van der Waals surface area contributed by atoms with E-state index in [9.17, 15) is 62.3 Å². The van der Waals surface area contributed by atoms with Gasteiger partial charge >= 0.3 is 24.7 Å². The number of nitrogens with zero attached hydrogens (tertiary/aromatic N) is 4. The number of rotatable bonds is 11. The molecule has 1 aromatic heterocycles. The van der Waals surface area contributed by atoms with Crippen molar-refractivity contribution in [2.45, 2.75) is 122 Å². The summed E-state index contributed by atoms with van der Waals surface area (Å²) in [5.74, 6) is -0.961. The van der Waals surface area contributed by atoms with Crippen LogP contribution in [0.2, 0.25) is 0 Å². The van der Waals surface area contributed by atoms with Gasteiger partial charge in [-0.2, -0.15) is 52.7 Å². The molecule has 3 aromatic rings. The first kappa shape index (κ1) is 49.3. The number of nitrogen functional groups attached to an aromatic ring is 1. The molecule has 8 nitrogen and oxygen atoms in total. The maximum Gasteiger partial charge on any atom is 0.406 e. The molecule has 2 aliphatic carbocycles. The Morgan fingerprint density at radius 3 is 1.51 bits per heavy atom. The van der Waals surface area contributed by atoms with Crippen molar-refractivity contribution in [3.63, 3.8) is 0 Å². The molecule has 2 saturated carbocycles. The van der Waals surface area contributed by atoms with Crippen molar-refractivity contribution in [3.05, 3.63) is 53.3 Å². The van der Waals surface area contributed by atoms with Crippen LogP contribution in [0.1, 0.15) is 112 Å². The summed E-state index contributed by atoms with van der Waals surface area (Å²) in [5, 5.41) is 3.14. The van der Waals surface area contributed by atoms with Gasteiger partial charge in [0.1, 0.15) is 32.0 Å². The molecule has 1 heterocycles. The molecule has 0 bridgehead atoms. The van der Waals surface area contributed by atoms with E-state index in [0.717, 1.165) is 75.3 Å². The Morgan fingerprint density at radius 1 is 0.656 bits per heavy atom. The van der Waals surface area contributed by atoms with Crippen LogP contribution in [0.4, 0.5) is 64.1 Å². The van der Waals surface area contributed by atoms with Gasteiger partial charge in [-0.15, -0.1) is 0 Å². The van der Waals surface area contributed by atoms with E-state index in [4.69, 9.17) is 5.73 Å². The zero-order valence-corrected chi connectivity index (χ0v) is 34.2. The molecule has 61 heavy (non-hydrogen) atoms. The summed E-state index contributed by atoms with van der Waals surface area (Å²) in [6.07, 6.45) is -8.36. The Bertz CT molecular complexity index is 1890. The molecule has 2 aromatic carbocycles.